The zero-order chi connectivity index (χ0) is 20.1. The van der Waals surface area contributed by atoms with Crippen LogP contribution in [0.3, 0.4) is 0 Å². The van der Waals surface area contributed by atoms with Gasteiger partial charge in [0.25, 0.3) is 0 Å². The maximum atomic E-state index is 5.98. The van der Waals surface area contributed by atoms with Crippen molar-refractivity contribution in [3.8, 4) is 0 Å². The molecule has 0 bridgehead atoms. The minimum atomic E-state index is 0. The lowest BCUT2D eigenvalue weighted by Crippen LogP contribution is -2.39. The van der Waals surface area contributed by atoms with Crippen LogP contribution in [0.15, 0.2) is 52.0 Å². The summed E-state index contributed by atoms with van der Waals surface area (Å²) in [5.74, 6) is 2.65. The van der Waals surface area contributed by atoms with Gasteiger partial charge in [0.1, 0.15) is 17.2 Å². The third-order valence-electron chi connectivity index (χ3n) is 5.21. The fraction of sp³-hybridized carbons (Fsp3) is 0.364. The van der Waals surface area contributed by atoms with Crippen LogP contribution in [0.1, 0.15) is 16.9 Å². The number of furan rings is 1. The van der Waals surface area contributed by atoms with Gasteiger partial charge in [0.15, 0.2) is 5.96 Å². The van der Waals surface area contributed by atoms with Gasteiger partial charge in [0.2, 0.25) is 0 Å². The zero-order valence-corrected chi connectivity index (χ0v) is 19.7. The average Bonchev–Trinajstić information content (AvgIpc) is 3.10. The number of aliphatic imine (C=N–C) groups is 1. The molecule has 1 aromatic carbocycles. The smallest absolute Gasteiger partial charge is 0.191 e. The summed E-state index contributed by atoms with van der Waals surface area (Å²) < 4.78 is 11.4. The molecule has 0 saturated carbocycles. The summed E-state index contributed by atoms with van der Waals surface area (Å²) in [6, 6.07) is 12.2. The normalized spacial score (nSPS) is 14.5. The van der Waals surface area contributed by atoms with E-state index in [0.717, 1.165) is 65.9 Å². The Kier molecular flexibility index (Phi) is 7.92. The first kappa shape index (κ1) is 22.4. The predicted molar refractivity (Wildman–Crippen MR) is 131 cm³/mol. The number of fused-ring (bicyclic) bond motifs is 1. The van der Waals surface area contributed by atoms with Crippen LogP contribution in [0.2, 0.25) is 0 Å². The highest BCUT2D eigenvalue weighted by Crippen LogP contribution is 2.24. The van der Waals surface area contributed by atoms with Gasteiger partial charge >= 0.3 is 0 Å². The van der Waals surface area contributed by atoms with Gasteiger partial charge in [-0.1, -0.05) is 24.3 Å². The second-order valence-electron chi connectivity index (χ2n) is 7.01. The molecule has 2 aromatic heterocycles. The first-order chi connectivity index (χ1) is 14.3. The number of aryl methyl sites for hydroxylation is 1. The summed E-state index contributed by atoms with van der Waals surface area (Å²) in [5, 5.41) is 7.89. The van der Waals surface area contributed by atoms with Gasteiger partial charge in [0, 0.05) is 49.4 Å². The first-order valence-corrected chi connectivity index (χ1v) is 9.94. The van der Waals surface area contributed by atoms with E-state index < -0.39 is 0 Å². The average molecular weight is 521 g/mol. The number of nitrogens with zero attached hydrogens (tertiary/aromatic N) is 3. The van der Waals surface area contributed by atoms with E-state index in [0.29, 0.717) is 13.1 Å². The van der Waals surface area contributed by atoms with Gasteiger partial charge in [-0.3, -0.25) is 4.99 Å². The van der Waals surface area contributed by atoms with Crippen molar-refractivity contribution in [3.05, 3.63) is 59.5 Å². The highest BCUT2D eigenvalue weighted by molar-refractivity contribution is 14.0. The number of rotatable bonds is 5. The number of benzene rings is 1. The minimum Gasteiger partial charge on any atom is -0.459 e. The van der Waals surface area contributed by atoms with Crippen LogP contribution in [0, 0.1) is 6.92 Å². The van der Waals surface area contributed by atoms with Gasteiger partial charge in [0.05, 0.1) is 19.8 Å². The summed E-state index contributed by atoms with van der Waals surface area (Å²) in [6.07, 6.45) is 1.84. The van der Waals surface area contributed by atoms with E-state index in [1.165, 1.54) is 0 Å². The Hall–Kier alpha value is -2.33. The van der Waals surface area contributed by atoms with E-state index in [4.69, 9.17) is 9.15 Å². The number of ether oxygens (including phenoxy) is 1. The lowest BCUT2D eigenvalue weighted by Gasteiger charge is -2.29. The fourth-order valence-electron chi connectivity index (χ4n) is 3.59. The quantitative estimate of drug-likeness (QED) is 0.305. The maximum absolute atomic E-state index is 5.98. The Balaban J connectivity index is 0.00000256. The molecule has 8 heteroatoms. The van der Waals surface area contributed by atoms with Crippen molar-refractivity contribution in [3.63, 3.8) is 0 Å². The second kappa shape index (κ2) is 10.6. The highest BCUT2D eigenvalue weighted by Gasteiger charge is 2.16. The summed E-state index contributed by atoms with van der Waals surface area (Å²) >= 11 is 0. The van der Waals surface area contributed by atoms with Crippen molar-refractivity contribution in [2.75, 3.05) is 38.3 Å². The topological polar surface area (TPSA) is 74.9 Å². The van der Waals surface area contributed by atoms with Crippen molar-refractivity contribution in [1.29, 1.82) is 0 Å². The largest absolute Gasteiger partial charge is 0.459 e. The number of halogens is 1. The molecule has 7 nitrogen and oxygen atoms in total. The standard InChI is InChI=1S/C22H27N5O2.HI/c1-16-18-7-3-4-8-19(18)29-20(16)15-26-22(23-2)25-14-17-6-5-9-24-21(17)27-10-12-28-13-11-27;/h3-9H,10-15H2,1-2H3,(H2,23,25,26);1H. The van der Waals surface area contributed by atoms with Crippen LogP contribution in [0.5, 0.6) is 0 Å². The SMILES string of the molecule is CN=C(NCc1cccnc1N1CCOCC1)NCc1oc2ccccc2c1C.I. The molecule has 1 aliphatic heterocycles. The molecule has 4 rings (SSSR count). The van der Waals surface area contributed by atoms with Gasteiger partial charge in [-0.15, -0.1) is 24.0 Å². The van der Waals surface area contributed by atoms with Gasteiger partial charge in [-0.05, 0) is 19.1 Å². The Labute approximate surface area is 193 Å². The lowest BCUT2D eigenvalue weighted by molar-refractivity contribution is 0.122. The third-order valence-corrected chi connectivity index (χ3v) is 5.21. The van der Waals surface area contributed by atoms with Crippen LogP contribution in [-0.4, -0.2) is 44.3 Å². The maximum Gasteiger partial charge on any atom is 0.191 e. The predicted octanol–water partition coefficient (Wildman–Crippen LogP) is 3.46. The molecule has 2 N–H and O–H groups in total. The van der Waals surface area contributed by atoms with Crippen LogP contribution < -0.4 is 15.5 Å². The van der Waals surface area contributed by atoms with E-state index in [1.54, 1.807) is 7.05 Å². The summed E-state index contributed by atoms with van der Waals surface area (Å²) in [6.45, 7) is 6.50. The number of morpholine rings is 1. The van der Waals surface area contributed by atoms with Crippen LogP contribution in [-0.2, 0) is 17.8 Å². The Morgan fingerprint density at radius 3 is 2.63 bits per heavy atom. The summed E-state index contributed by atoms with van der Waals surface area (Å²) in [5.41, 5.74) is 3.21. The molecule has 1 aliphatic rings. The zero-order valence-electron chi connectivity index (χ0n) is 17.4. The summed E-state index contributed by atoms with van der Waals surface area (Å²) in [7, 11) is 1.77. The monoisotopic (exact) mass is 521 g/mol. The molecule has 30 heavy (non-hydrogen) atoms. The number of hydrogen-bond acceptors (Lipinski definition) is 5. The molecular formula is C22H28IN5O2. The van der Waals surface area contributed by atoms with E-state index >= 15 is 0 Å². The highest BCUT2D eigenvalue weighted by atomic mass is 127. The van der Waals surface area contributed by atoms with Gasteiger partial charge < -0.3 is 24.7 Å². The Morgan fingerprint density at radius 2 is 1.87 bits per heavy atom. The molecule has 0 spiro atoms. The van der Waals surface area contributed by atoms with Gasteiger partial charge in [-0.25, -0.2) is 4.98 Å². The molecular weight excluding hydrogens is 493 g/mol. The number of nitrogens with one attached hydrogen (secondary N) is 2. The van der Waals surface area contributed by atoms with Crippen LogP contribution in [0.25, 0.3) is 11.0 Å². The number of anilines is 1. The number of guanidine groups is 1. The fourth-order valence-corrected chi connectivity index (χ4v) is 3.59. The molecule has 3 heterocycles. The molecule has 3 aromatic rings. The molecule has 1 fully saturated rings. The van der Waals surface area contributed by atoms with Crippen molar-refractivity contribution >= 4 is 46.7 Å². The van der Waals surface area contributed by atoms with E-state index in [-0.39, 0.29) is 24.0 Å². The Morgan fingerprint density at radius 1 is 1.10 bits per heavy atom. The third kappa shape index (κ3) is 5.04. The minimum absolute atomic E-state index is 0. The molecule has 0 unspecified atom stereocenters. The molecule has 160 valence electrons. The molecule has 0 radical (unpaired) electrons. The van der Waals surface area contributed by atoms with Crippen molar-refractivity contribution in [2.45, 2.75) is 20.0 Å². The number of aromatic nitrogens is 1. The number of pyridine rings is 1. The lowest BCUT2D eigenvalue weighted by atomic mass is 10.1. The first-order valence-electron chi connectivity index (χ1n) is 9.94. The van der Waals surface area contributed by atoms with Crippen molar-refractivity contribution < 1.29 is 9.15 Å². The molecule has 0 atom stereocenters. The number of para-hydroxylation sites is 1. The Bertz CT molecular complexity index is 998. The van der Waals surface area contributed by atoms with Crippen molar-refractivity contribution in [1.82, 2.24) is 15.6 Å². The molecule has 0 aliphatic carbocycles. The number of hydrogen-bond donors (Lipinski definition) is 2. The second-order valence-corrected chi connectivity index (χ2v) is 7.01. The van der Waals surface area contributed by atoms with E-state index in [9.17, 15) is 0 Å². The van der Waals surface area contributed by atoms with Gasteiger partial charge in [-0.2, -0.15) is 0 Å². The summed E-state index contributed by atoms with van der Waals surface area (Å²) in [4.78, 5) is 11.2. The molecule has 1 saturated heterocycles. The van der Waals surface area contributed by atoms with Crippen LogP contribution >= 0.6 is 24.0 Å². The van der Waals surface area contributed by atoms with Crippen LogP contribution in [0.4, 0.5) is 5.82 Å². The molecule has 0 amide bonds. The van der Waals surface area contributed by atoms with Crippen molar-refractivity contribution in [2.24, 2.45) is 4.99 Å². The van der Waals surface area contributed by atoms with E-state index in [2.05, 4.69) is 44.6 Å². The van der Waals surface area contributed by atoms with E-state index in [1.807, 2.05) is 30.5 Å².